The number of nitrogens with zero attached hydrogens (tertiary/aromatic N) is 2. The summed E-state index contributed by atoms with van der Waals surface area (Å²) in [5.41, 5.74) is 4.61. The summed E-state index contributed by atoms with van der Waals surface area (Å²) in [7, 11) is 0. The number of aryl methyl sites for hydroxylation is 1. The second-order valence-electron chi connectivity index (χ2n) is 7.88. The number of hydrogen-bond acceptors (Lipinski definition) is 4. The summed E-state index contributed by atoms with van der Waals surface area (Å²) in [6.07, 6.45) is 3.27. The molecule has 3 amide bonds. The Morgan fingerprint density at radius 2 is 1.66 bits per heavy atom. The lowest BCUT2D eigenvalue weighted by molar-refractivity contribution is -0.122. The molecule has 2 N–H and O–H groups in total. The van der Waals surface area contributed by atoms with E-state index < -0.39 is 5.92 Å². The van der Waals surface area contributed by atoms with Crippen molar-refractivity contribution < 1.29 is 14.4 Å². The topological polar surface area (TPSA) is 91.4 Å². The summed E-state index contributed by atoms with van der Waals surface area (Å²) in [4.78, 5) is 43.4. The molecule has 1 fully saturated rings. The third kappa shape index (κ3) is 4.51. The summed E-state index contributed by atoms with van der Waals surface area (Å²) in [5.74, 6) is -0.986. The number of aromatic nitrogens is 1. The van der Waals surface area contributed by atoms with Crippen molar-refractivity contribution in [1.29, 1.82) is 0 Å². The number of nitrogens with one attached hydrogen (secondary N) is 2. The minimum absolute atomic E-state index is 0.0581. The van der Waals surface area contributed by atoms with Gasteiger partial charge in [-0.3, -0.25) is 19.4 Å². The Bertz CT molecular complexity index is 1180. The van der Waals surface area contributed by atoms with Gasteiger partial charge in [0.1, 0.15) is 0 Å². The van der Waals surface area contributed by atoms with E-state index in [0.29, 0.717) is 23.5 Å². The van der Waals surface area contributed by atoms with E-state index in [9.17, 15) is 14.4 Å². The quantitative estimate of drug-likeness (QED) is 0.644. The van der Waals surface area contributed by atoms with Crippen molar-refractivity contribution in [2.75, 3.05) is 22.1 Å². The second kappa shape index (κ2) is 9.01. The monoisotopic (exact) mass is 428 g/mol. The van der Waals surface area contributed by atoms with Gasteiger partial charge in [-0.2, -0.15) is 0 Å². The summed E-state index contributed by atoms with van der Waals surface area (Å²) < 4.78 is 0. The zero-order chi connectivity index (χ0) is 22.7. The fourth-order valence-corrected chi connectivity index (χ4v) is 3.77. The van der Waals surface area contributed by atoms with Crippen LogP contribution in [0, 0.1) is 19.8 Å². The number of rotatable bonds is 5. The van der Waals surface area contributed by atoms with Crippen molar-refractivity contribution in [2.24, 2.45) is 5.92 Å². The summed E-state index contributed by atoms with van der Waals surface area (Å²) in [6, 6.07) is 16.0. The van der Waals surface area contributed by atoms with Crippen molar-refractivity contribution >= 4 is 34.8 Å². The number of anilines is 3. The lowest BCUT2D eigenvalue weighted by Gasteiger charge is -2.20. The Hall–Kier alpha value is -4.00. The highest BCUT2D eigenvalue weighted by Gasteiger charge is 2.35. The van der Waals surface area contributed by atoms with Gasteiger partial charge in [0.15, 0.2) is 0 Å². The van der Waals surface area contributed by atoms with Crippen molar-refractivity contribution in [2.45, 2.75) is 20.3 Å². The molecule has 7 heteroatoms. The summed E-state index contributed by atoms with van der Waals surface area (Å²) >= 11 is 0. The molecule has 4 rings (SSSR count). The molecule has 1 aliphatic rings. The van der Waals surface area contributed by atoms with Gasteiger partial charge in [-0.15, -0.1) is 0 Å². The van der Waals surface area contributed by atoms with E-state index in [1.54, 1.807) is 53.7 Å². The molecule has 1 unspecified atom stereocenters. The van der Waals surface area contributed by atoms with Crippen LogP contribution < -0.4 is 15.5 Å². The van der Waals surface area contributed by atoms with E-state index in [1.807, 2.05) is 32.0 Å². The first-order valence-electron chi connectivity index (χ1n) is 10.4. The molecule has 1 aliphatic heterocycles. The fourth-order valence-electron chi connectivity index (χ4n) is 3.77. The summed E-state index contributed by atoms with van der Waals surface area (Å²) in [5, 5.41) is 5.68. The molecular weight excluding hydrogens is 404 g/mol. The predicted octanol–water partition coefficient (Wildman–Crippen LogP) is 3.94. The van der Waals surface area contributed by atoms with Gasteiger partial charge in [-0.05, 0) is 61.4 Å². The number of pyridine rings is 1. The number of carbonyl (C=O) groups is 3. The van der Waals surface area contributed by atoms with Crippen molar-refractivity contribution in [3.05, 3.63) is 83.7 Å². The molecule has 0 aliphatic carbocycles. The zero-order valence-corrected chi connectivity index (χ0v) is 18.0. The molecule has 1 aromatic heterocycles. The Morgan fingerprint density at radius 1 is 0.969 bits per heavy atom. The maximum atomic E-state index is 12.9. The standard InChI is InChI=1S/C25H24N4O3/c1-16-5-3-8-22(17(16)2)29-15-19(13-23(29)30)25(32)28-21-7-4-6-20(14-21)27-24(31)18-9-11-26-12-10-18/h3-12,14,19H,13,15H2,1-2H3,(H,27,31)(H,28,32). The van der Waals surface area contributed by atoms with Gasteiger partial charge >= 0.3 is 0 Å². The first kappa shape index (κ1) is 21.2. The van der Waals surface area contributed by atoms with Gasteiger partial charge in [0.2, 0.25) is 11.8 Å². The van der Waals surface area contributed by atoms with Crippen LogP contribution in [-0.4, -0.2) is 29.3 Å². The lowest BCUT2D eigenvalue weighted by Crippen LogP contribution is -2.28. The van der Waals surface area contributed by atoms with Gasteiger partial charge in [-0.1, -0.05) is 18.2 Å². The molecule has 162 valence electrons. The van der Waals surface area contributed by atoms with Gasteiger partial charge in [-0.25, -0.2) is 0 Å². The van der Waals surface area contributed by atoms with Gasteiger partial charge in [0.25, 0.3) is 5.91 Å². The first-order valence-corrected chi connectivity index (χ1v) is 10.4. The third-order valence-corrected chi connectivity index (χ3v) is 5.69. The second-order valence-corrected chi connectivity index (χ2v) is 7.88. The van der Waals surface area contributed by atoms with E-state index in [4.69, 9.17) is 0 Å². The fraction of sp³-hybridized carbons (Fsp3) is 0.200. The van der Waals surface area contributed by atoms with Crippen molar-refractivity contribution in [3.63, 3.8) is 0 Å². The Balaban J connectivity index is 1.42. The maximum absolute atomic E-state index is 12.9. The number of benzene rings is 2. The summed E-state index contributed by atoms with van der Waals surface area (Å²) in [6.45, 7) is 4.33. The molecule has 0 bridgehead atoms. The minimum Gasteiger partial charge on any atom is -0.326 e. The van der Waals surface area contributed by atoms with Crippen LogP contribution in [0.15, 0.2) is 67.0 Å². The van der Waals surface area contributed by atoms with Crippen molar-refractivity contribution in [1.82, 2.24) is 4.98 Å². The normalized spacial score (nSPS) is 15.5. The van der Waals surface area contributed by atoms with Crippen LogP contribution in [0.5, 0.6) is 0 Å². The average molecular weight is 428 g/mol. The van der Waals surface area contributed by atoms with E-state index in [-0.39, 0.29) is 24.1 Å². The Kier molecular flexibility index (Phi) is 5.98. The molecule has 2 heterocycles. The SMILES string of the molecule is Cc1cccc(N2CC(C(=O)Nc3cccc(NC(=O)c4ccncc4)c3)CC2=O)c1C. The first-order chi connectivity index (χ1) is 15.4. The van der Waals surface area contributed by atoms with E-state index in [1.165, 1.54) is 0 Å². The van der Waals surface area contributed by atoms with Gasteiger partial charge in [0, 0.05) is 48.0 Å². The molecule has 0 spiro atoms. The lowest BCUT2D eigenvalue weighted by atomic mass is 10.1. The molecule has 7 nitrogen and oxygen atoms in total. The number of hydrogen-bond donors (Lipinski definition) is 2. The molecule has 0 saturated carbocycles. The third-order valence-electron chi connectivity index (χ3n) is 5.69. The largest absolute Gasteiger partial charge is 0.326 e. The minimum atomic E-state index is -0.447. The Morgan fingerprint density at radius 3 is 2.41 bits per heavy atom. The zero-order valence-electron chi connectivity index (χ0n) is 18.0. The van der Waals surface area contributed by atoms with Crippen LogP contribution in [-0.2, 0) is 9.59 Å². The highest BCUT2D eigenvalue weighted by molar-refractivity contribution is 6.05. The maximum Gasteiger partial charge on any atom is 0.255 e. The van der Waals surface area contributed by atoms with Crippen LogP contribution in [0.25, 0.3) is 0 Å². The number of amides is 3. The molecule has 32 heavy (non-hydrogen) atoms. The smallest absolute Gasteiger partial charge is 0.255 e. The molecule has 1 atom stereocenters. The Labute approximate surface area is 186 Å². The molecular formula is C25H24N4O3. The van der Waals surface area contributed by atoms with E-state index >= 15 is 0 Å². The molecule has 0 radical (unpaired) electrons. The molecule has 2 aromatic carbocycles. The number of carbonyl (C=O) groups excluding carboxylic acids is 3. The van der Waals surface area contributed by atoms with E-state index in [0.717, 1.165) is 16.8 Å². The van der Waals surface area contributed by atoms with Crippen LogP contribution in [0.4, 0.5) is 17.1 Å². The van der Waals surface area contributed by atoms with Crippen LogP contribution in [0.3, 0.4) is 0 Å². The van der Waals surface area contributed by atoms with Crippen molar-refractivity contribution in [3.8, 4) is 0 Å². The van der Waals surface area contributed by atoms with Crippen LogP contribution >= 0.6 is 0 Å². The molecule has 3 aromatic rings. The highest BCUT2D eigenvalue weighted by atomic mass is 16.2. The van der Waals surface area contributed by atoms with Crippen LogP contribution in [0.2, 0.25) is 0 Å². The average Bonchev–Trinajstić information content (AvgIpc) is 3.18. The predicted molar refractivity (Wildman–Crippen MR) is 124 cm³/mol. The van der Waals surface area contributed by atoms with Gasteiger partial charge in [0.05, 0.1) is 5.92 Å². The van der Waals surface area contributed by atoms with Gasteiger partial charge < -0.3 is 15.5 Å². The highest BCUT2D eigenvalue weighted by Crippen LogP contribution is 2.30. The van der Waals surface area contributed by atoms with Crippen LogP contribution in [0.1, 0.15) is 27.9 Å². The van der Waals surface area contributed by atoms with E-state index in [2.05, 4.69) is 15.6 Å². The molecule has 1 saturated heterocycles.